The third kappa shape index (κ3) is 2.03. The summed E-state index contributed by atoms with van der Waals surface area (Å²) in [4.78, 5) is 21.6. The molecule has 20 heavy (non-hydrogen) atoms. The first-order valence-corrected chi connectivity index (χ1v) is 6.30. The SMILES string of the molecule is O=[N+]([O-])c1cc(F)ccc1-c1nc2nccc(Br)c2[nH]1. The van der Waals surface area contributed by atoms with Crippen molar-refractivity contribution in [3.8, 4) is 11.4 Å². The van der Waals surface area contributed by atoms with Crippen LogP contribution in [0, 0.1) is 15.9 Å². The number of fused-ring (bicyclic) bond motifs is 1. The summed E-state index contributed by atoms with van der Waals surface area (Å²) in [7, 11) is 0. The number of nitro benzene ring substituents is 1. The van der Waals surface area contributed by atoms with Gasteiger partial charge in [-0.15, -0.1) is 0 Å². The van der Waals surface area contributed by atoms with E-state index >= 15 is 0 Å². The number of hydrogen-bond donors (Lipinski definition) is 1. The Balaban J connectivity index is 2.25. The van der Waals surface area contributed by atoms with Gasteiger partial charge in [0.2, 0.25) is 0 Å². The van der Waals surface area contributed by atoms with Crippen molar-refractivity contribution in [2.24, 2.45) is 0 Å². The molecule has 0 aliphatic carbocycles. The summed E-state index contributed by atoms with van der Waals surface area (Å²) in [6.07, 6.45) is 1.57. The molecule has 1 aromatic carbocycles. The van der Waals surface area contributed by atoms with Crippen molar-refractivity contribution in [1.82, 2.24) is 15.0 Å². The molecule has 2 heterocycles. The number of nitrogens with one attached hydrogen (secondary N) is 1. The number of hydrogen-bond acceptors (Lipinski definition) is 4. The summed E-state index contributed by atoms with van der Waals surface area (Å²) >= 11 is 3.34. The summed E-state index contributed by atoms with van der Waals surface area (Å²) < 4.78 is 13.9. The van der Waals surface area contributed by atoms with Gasteiger partial charge in [0.25, 0.3) is 5.69 Å². The van der Waals surface area contributed by atoms with Crippen molar-refractivity contribution in [3.63, 3.8) is 0 Å². The Morgan fingerprint density at radius 3 is 2.85 bits per heavy atom. The summed E-state index contributed by atoms with van der Waals surface area (Å²) in [5.41, 5.74) is 0.913. The number of halogens is 2. The van der Waals surface area contributed by atoms with E-state index in [1.807, 2.05) is 0 Å². The van der Waals surface area contributed by atoms with Crippen molar-refractivity contribution in [3.05, 3.63) is 50.9 Å². The number of nitrogens with zero attached hydrogens (tertiary/aromatic N) is 3. The lowest BCUT2D eigenvalue weighted by Gasteiger charge is -1.99. The van der Waals surface area contributed by atoms with Crippen LogP contribution in [0.3, 0.4) is 0 Å². The van der Waals surface area contributed by atoms with Crippen LogP contribution in [0.4, 0.5) is 10.1 Å². The fraction of sp³-hybridized carbons (Fsp3) is 0. The van der Waals surface area contributed by atoms with E-state index in [0.717, 1.165) is 16.6 Å². The van der Waals surface area contributed by atoms with Crippen LogP contribution in [-0.4, -0.2) is 19.9 Å². The van der Waals surface area contributed by atoms with Gasteiger partial charge in [-0.25, -0.2) is 14.4 Å². The highest BCUT2D eigenvalue weighted by Crippen LogP contribution is 2.31. The molecule has 0 aliphatic rings. The number of aromatic amines is 1. The van der Waals surface area contributed by atoms with Crippen LogP contribution < -0.4 is 0 Å². The van der Waals surface area contributed by atoms with Gasteiger partial charge in [-0.1, -0.05) is 0 Å². The fourth-order valence-corrected chi connectivity index (χ4v) is 2.26. The van der Waals surface area contributed by atoms with Gasteiger partial charge < -0.3 is 4.98 Å². The lowest BCUT2D eigenvalue weighted by atomic mass is 10.1. The average Bonchev–Trinajstić information content (AvgIpc) is 2.84. The minimum absolute atomic E-state index is 0.210. The first kappa shape index (κ1) is 12.7. The molecule has 3 aromatic rings. The topological polar surface area (TPSA) is 84.7 Å². The van der Waals surface area contributed by atoms with Crippen LogP contribution in [0.5, 0.6) is 0 Å². The van der Waals surface area contributed by atoms with Crippen LogP contribution in [0.25, 0.3) is 22.6 Å². The molecule has 0 saturated carbocycles. The summed E-state index contributed by atoms with van der Waals surface area (Å²) in [5, 5.41) is 11.0. The van der Waals surface area contributed by atoms with Crippen molar-refractivity contribution in [2.75, 3.05) is 0 Å². The van der Waals surface area contributed by atoms with Crippen molar-refractivity contribution in [1.29, 1.82) is 0 Å². The van der Waals surface area contributed by atoms with Crippen LogP contribution in [-0.2, 0) is 0 Å². The van der Waals surface area contributed by atoms with E-state index in [2.05, 4.69) is 30.9 Å². The molecule has 2 aromatic heterocycles. The monoisotopic (exact) mass is 336 g/mol. The highest BCUT2D eigenvalue weighted by atomic mass is 79.9. The first-order chi connectivity index (χ1) is 9.56. The maximum absolute atomic E-state index is 13.1. The maximum atomic E-state index is 13.1. The van der Waals surface area contributed by atoms with E-state index in [4.69, 9.17) is 0 Å². The van der Waals surface area contributed by atoms with Gasteiger partial charge in [0.1, 0.15) is 11.6 Å². The number of benzene rings is 1. The number of nitro groups is 1. The summed E-state index contributed by atoms with van der Waals surface area (Å²) in [6.45, 7) is 0. The second-order valence-electron chi connectivity index (χ2n) is 4.00. The van der Waals surface area contributed by atoms with Crippen LogP contribution in [0.2, 0.25) is 0 Å². The van der Waals surface area contributed by atoms with Crippen molar-refractivity contribution >= 4 is 32.8 Å². The molecule has 0 bridgehead atoms. The highest BCUT2D eigenvalue weighted by molar-refractivity contribution is 9.10. The average molecular weight is 337 g/mol. The molecule has 0 atom stereocenters. The van der Waals surface area contributed by atoms with Crippen LogP contribution >= 0.6 is 15.9 Å². The molecule has 0 unspecified atom stereocenters. The normalized spacial score (nSPS) is 10.9. The molecule has 0 amide bonds. The zero-order chi connectivity index (χ0) is 14.3. The zero-order valence-electron chi connectivity index (χ0n) is 9.80. The van der Waals surface area contributed by atoms with Gasteiger partial charge in [0.05, 0.1) is 22.1 Å². The lowest BCUT2D eigenvalue weighted by molar-refractivity contribution is -0.384. The molecule has 0 aliphatic heterocycles. The molecule has 8 heteroatoms. The van der Waals surface area contributed by atoms with Crippen molar-refractivity contribution in [2.45, 2.75) is 0 Å². The van der Waals surface area contributed by atoms with Crippen molar-refractivity contribution < 1.29 is 9.31 Å². The van der Waals surface area contributed by atoms with Gasteiger partial charge >= 0.3 is 0 Å². The molecule has 100 valence electrons. The number of aromatic nitrogens is 3. The summed E-state index contributed by atoms with van der Waals surface area (Å²) in [5.74, 6) is -0.401. The van der Waals surface area contributed by atoms with Gasteiger partial charge in [0, 0.05) is 10.7 Å². The van der Waals surface area contributed by atoms with Gasteiger partial charge in [-0.05, 0) is 34.1 Å². The van der Waals surface area contributed by atoms with Crippen LogP contribution in [0.1, 0.15) is 0 Å². The molecule has 3 rings (SSSR count). The largest absolute Gasteiger partial charge is 0.335 e. The fourth-order valence-electron chi connectivity index (χ4n) is 1.86. The summed E-state index contributed by atoms with van der Waals surface area (Å²) in [6, 6.07) is 5.06. The smallest absolute Gasteiger partial charge is 0.283 e. The third-order valence-electron chi connectivity index (χ3n) is 2.75. The Bertz CT molecular complexity index is 833. The van der Waals surface area contributed by atoms with E-state index in [1.54, 1.807) is 12.3 Å². The second-order valence-corrected chi connectivity index (χ2v) is 4.85. The van der Waals surface area contributed by atoms with E-state index in [-0.39, 0.29) is 17.1 Å². The number of H-pyrrole nitrogens is 1. The number of pyridine rings is 1. The standard InChI is InChI=1S/C12H6BrFN4O2/c13-8-3-4-15-12-10(8)16-11(17-12)7-2-1-6(14)5-9(7)18(19)20/h1-5H,(H,15,16,17). The predicted molar refractivity (Wildman–Crippen MR) is 73.6 cm³/mol. The quantitative estimate of drug-likeness (QED) is 0.573. The van der Waals surface area contributed by atoms with Gasteiger partial charge in [-0.3, -0.25) is 10.1 Å². The third-order valence-corrected chi connectivity index (χ3v) is 3.41. The zero-order valence-corrected chi connectivity index (χ0v) is 11.4. The molecule has 6 nitrogen and oxygen atoms in total. The molecule has 1 N–H and O–H groups in total. The van der Waals surface area contributed by atoms with Gasteiger partial charge in [-0.2, -0.15) is 0 Å². The molecular weight excluding hydrogens is 331 g/mol. The lowest BCUT2D eigenvalue weighted by Crippen LogP contribution is -1.94. The predicted octanol–water partition coefficient (Wildman–Crippen LogP) is 3.43. The van der Waals surface area contributed by atoms with E-state index in [9.17, 15) is 14.5 Å². The Hall–Kier alpha value is -2.35. The molecule has 0 saturated heterocycles. The van der Waals surface area contributed by atoms with E-state index in [0.29, 0.717) is 11.2 Å². The Morgan fingerprint density at radius 2 is 2.15 bits per heavy atom. The van der Waals surface area contributed by atoms with E-state index < -0.39 is 10.7 Å². The van der Waals surface area contributed by atoms with E-state index in [1.165, 1.54) is 6.07 Å². The second kappa shape index (κ2) is 4.64. The number of imidazole rings is 1. The van der Waals surface area contributed by atoms with Gasteiger partial charge in [0.15, 0.2) is 5.65 Å². The molecule has 0 radical (unpaired) electrons. The molecule has 0 fully saturated rings. The minimum Gasteiger partial charge on any atom is -0.335 e. The minimum atomic E-state index is -0.670. The van der Waals surface area contributed by atoms with Crippen LogP contribution in [0.15, 0.2) is 34.9 Å². The molecule has 0 spiro atoms. The Kier molecular flexibility index (Phi) is 2.94. The Labute approximate surface area is 120 Å². The molecular formula is C12H6BrFN4O2. The Morgan fingerprint density at radius 1 is 1.35 bits per heavy atom. The maximum Gasteiger partial charge on any atom is 0.283 e. The number of rotatable bonds is 2. The highest BCUT2D eigenvalue weighted by Gasteiger charge is 2.19. The first-order valence-electron chi connectivity index (χ1n) is 5.51.